The third kappa shape index (κ3) is 3.15. The molecule has 1 aliphatic rings. The number of rotatable bonds is 3. The van der Waals surface area contributed by atoms with Gasteiger partial charge in [0.1, 0.15) is 11.8 Å². The zero-order chi connectivity index (χ0) is 20.5. The van der Waals surface area contributed by atoms with E-state index < -0.39 is 0 Å². The molecular weight excluding hydrogens is 394 g/mol. The molecule has 1 atom stereocenters. The van der Waals surface area contributed by atoms with Crippen LogP contribution in [0, 0.1) is 0 Å². The molecule has 0 bridgehead atoms. The van der Waals surface area contributed by atoms with Crippen molar-refractivity contribution >= 4 is 23.1 Å². The zero-order valence-electron chi connectivity index (χ0n) is 16.5. The number of benzene rings is 2. The number of methoxy groups -OCH3 is 1. The van der Waals surface area contributed by atoms with Crippen LogP contribution < -0.4 is 10.1 Å². The van der Waals surface area contributed by atoms with Crippen molar-refractivity contribution < 1.29 is 9.53 Å². The number of fused-ring (bicyclic) bond motifs is 3. The third-order valence-electron chi connectivity index (χ3n) is 5.39. The number of aromatic nitrogens is 1. The SMILES string of the molecule is COc1ccccc1NC(=O)N1Cc2ccccc2-n2cccc2[C@@H]1c1cccs1. The van der Waals surface area contributed by atoms with Crippen molar-refractivity contribution in [2.75, 3.05) is 12.4 Å². The molecule has 0 fully saturated rings. The van der Waals surface area contributed by atoms with Crippen LogP contribution in [-0.4, -0.2) is 22.6 Å². The summed E-state index contributed by atoms with van der Waals surface area (Å²) in [5, 5.41) is 5.11. The predicted molar refractivity (Wildman–Crippen MR) is 119 cm³/mol. The summed E-state index contributed by atoms with van der Waals surface area (Å²) in [4.78, 5) is 16.6. The van der Waals surface area contributed by atoms with Crippen molar-refractivity contribution in [1.82, 2.24) is 9.47 Å². The van der Waals surface area contributed by atoms with Crippen LogP contribution in [0.2, 0.25) is 0 Å². The van der Waals surface area contributed by atoms with Crippen LogP contribution in [-0.2, 0) is 6.54 Å². The van der Waals surface area contributed by atoms with Gasteiger partial charge in [-0.1, -0.05) is 36.4 Å². The van der Waals surface area contributed by atoms with Gasteiger partial charge < -0.3 is 19.5 Å². The van der Waals surface area contributed by atoms with Crippen LogP contribution in [0.3, 0.4) is 0 Å². The Bertz CT molecular complexity index is 1180. The second kappa shape index (κ2) is 7.72. The fourth-order valence-electron chi connectivity index (χ4n) is 4.02. The molecule has 4 aromatic rings. The minimum Gasteiger partial charge on any atom is -0.495 e. The van der Waals surface area contributed by atoms with Crippen LogP contribution in [0.4, 0.5) is 10.5 Å². The average Bonchev–Trinajstić information content (AvgIpc) is 3.45. The van der Waals surface area contributed by atoms with Gasteiger partial charge in [-0.3, -0.25) is 0 Å². The highest BCUT2D eigenvalue weighted by molar-refractivity contribution is 7.10. The van der Waals surface area contributed by atoms with Crippen LogP contribution >= 0.6 is 11.3 Å². The normalized spacial score (nSPS) is 15.1. The number of carbonyl (C=O) groups excluding carboxylic acids is 1. The Morgan fingerprint density at radius 3 is 2.70 bits per heavy atom. The zero-order valence-corrected chi connectivity index (χ0v) is 17.3. The van der Waals surface area contributed by atoms with E-state index in [1.165, 1.54) is 0 Å². The van der Waals surface area contributed by atoms with Gasteiger partial charge in [-0.2, -0.15) is 0 Å². The van der Waals surface area contributed by atoms with Gasteiger partial charge in [0.2, 0.25) is 0 Å². The van der Waals surface area contributed by atoms with Gasteiger partial charge in [0, 0.05) is 11.1 Å². The summed E-state index contributed by atoms with van der Waals surface area (Å²) in [5.41, 5.74) is 3.93. The van der Waals surface area contributed by atoms with Crippen LogP contribution in [0.25, 0.3) is 5.69 Å². The molecule has 0 radical (unpaired) electrons. The molecule has 3 heterocycles. The molecule has 0 spiro atoms. The highest BCUT2D eigenvalue weighted by Gasteiger charge is 2.33. The maximum atomic E-state index is 13.6. The van der Waals surface area contributed by atoms with Crippen molar-refractivity contribution in [2.24, 2.45) is 0 Å². The van der Waals surface area contributed by atoms with Gasteiger partial charge >= 0.3 is 6.03 Å². The third-order valence-corrected chi connectivity index (χ3v) is 6.31. The number of ether oxygens (including phenoxy) is 1. The van der Waals surface area contributed by atoms with Crippen LogP contribution in [0.5, 0.6) is 5.75 Å². The number of para-hydroxylation sites is 3. The van der Waals surface area contributed by atoms with Crippen molar-refractivity contribution in [2.45, 2.75) is 12.6 Å². The Labute approximate surface area is 179 Å². The van der Waals surface area contributed by atoms with Gasteiger partial charge in [-0.05, 0) is 47.3 Å². The van der Waals surface area contributed by atoms with Crippen molar-refractivity contribution in [3.63, 3.8) is 0 Å². The van der Waals surface area contributed by atoms with E-state index in [0.717, 1.165) is 21.8 Å². The first-order valence-corrected chi connectivity index (χ1v) is 10.6. The lowest BCUT2D eigenvalue weighted by molar-refractivity contribution is 0.195. The molecule has 2 amide bonds. The van der Waals surface area contributed by atoms with E-state index in [1.807, 2.05) is 53.4 Å². The molecule has 5 nitrogen and oxygen atoms in total. The van der Waals surface area contributed by atoms with Gasteiger partial charge in [0.05, 0.1) is 30.7 Å². The minimum absolute atomic E-state index is 0.164. The first-order valence-electron chi connectivity index (χ1n) is 9.76. The van der Waals surface area contributed by atoms with E-state index in [1.54, 1.807) is 18.4 Å². The molecule has 2 aromatic heterocycles. The maximum absolute atomic E-state index is 13.6. The van der Waals surface area contributed by atoms with E-state index >= 15 is 0 Å². The number of hydrogen-bond acceptors (Lipinski definition) is 3. The lowest BCUT2D eigenvalue weighted by atomic mass is 10.1. The average molecular weight is 416 g/mol. The smallest absolute Gasteiger partial charge is 0.323 e. The van der Waals surface area contributed by atoms with E-state index in [4.69, 9.17) is 4.74 Å². The highest BCUT2D eigenvalue weighted by atomic mass is 32.1. The fraction of sp³-hybridized carbons (Fsp3) is 0.125. The summed E-state index contributed by atoms with van der Waals surface area (Å²) in [6.45, 7) is 0.501. The summed E-state index contributed by atoms with van der Waals surface area (Å²) >= 11 is 1.66. The molecule has 5 rings (SSSR count). The number of nitrogens with zero attached hydrogens (tertiary/aromatic N) is 2. The lowest BCUT2D eigenvalue weighted by Gasteiger charge is -2.30. The summed E-state index contributed by atoms with van der Waals surface area (Å²) in [5.74, 6) is 0.636. The second-order valence-electron chi connectivity index (χ2n) is 7.11. The van der Waals surface area contributed by atoms with E-state index in [9.17, 15) is 4.79 Å². The van der Waals surface area contributed by atoms with Gasteiger partial charge in [0.15, 0.2) is 0 Å². The lowest BCUT2D eigenvalue weighted by Crippen LogP contribution is -2.37. The van der Waals surface area contributed by atoms with Crippen molar-refractivity contribution in [1.29, 1.82) is 0 Å². The number of carbonyl (C=O) groups is 1. The number of urea groups is 1. The Balaban J connectivity index is 1.61. The largest absolute Gasteiger partial charge is 0.495 e. The molecule has 6 heteroatoms. The molecule has 0 saturated heterocycles. The number of anilines is 1. The first-order chi connectivity index (χ1) is 14.8. The van der Waals surface area contributed by atoms with Gasteiger partial charge in [-0.15, -0.1) is 11.3 Å². The van der Waals surface area contributed by atoms with Crippen LogP contribution in [0.1, 0.15) is 22.2 Å². The van der Waals surface area contributed by atoms with E-state index in [2.05, 4.69) is 45.7 Å². The molecular formula is C24H21N3O2S. The van der Waals surface area contributed by atoms with E-state index in [0.29, 0.717) is 18.0 Å². The molecule has 0 saturated carbocycles. The number of thiophene rings is 1. The second-order valence-corrected chi connectivity index (χ2v) is 8.09. The fourth-order valence-corrected chi connectivity index (χ4v) is 4.87. The predicted octanol–water partition coefficient (Wildman–Crippen LogP) is 5.68. The summed E-state index contributed by atoms with van der Waals surface area (Å²) in [6, 6.07) is 23.6. The molecule has 1 aliphatic heterocycles. The van der Waals surface area contributed by atoms with Crippen molar-refractivity contribution in [3.05, 3.63) is 101 Å². The Morgan fingerprint density at radius 1 is 1.03 bits per heavy atom. The number of nitrogens with one attached hydrogen (secondary N) is 1. The molecule has 0 unspecified atom stereocenters. The molecule has 150 valence electrons. The summed E-state index contributed by atoms with van der Waals surface area (Å²) < 4.78 is 7.61. The summed E-state index contributed by atoms with van der Waals surface area (Å²) in [6.07, 6.45) is 2.07. The highest BCUT2D eigenvalue weighted by Crippen LogP contribution is 2.38. The quantitative estimate of drug-likeness (QED) is 0.468. The molecule has 1 N–H and O–H groups in total. The molecule has 2 aromatic carbocycles. The van der Waals surface area contributed by atoms with Gasteiger partial charge in [0.25, 0.3) is 0 Å². The van der Waals surface area contributed by atoms with E-state index in [-0.39, 0.29) is 12.1 Å². The minimum atomic E-state index is -0.192. The standard InChI is InChI=1S/C24H21N3O2S/c1-29-21-12-5-3-9-18(21)25-24(28)27-16-17-8-2-4-10-19(17)26-14-6-11-20(26)23(27)22-13-7-15-30-22/h2-15,23H,16H2,1H3,(H,25,28)/t23-/m1/s1. The summed E-state index contributed by atoms with van der Waals surface area (Å²) in [7, 11) is 1.61. The molecule has 0 aliphatic carbocycles. The topological polar surface area (TPSA) is 46.5 Å². The Kier molecular flexibility index (Phi) is 4.77. The first kappa shape index (κ1) is 18.5. The number of hydrogen-bond donors (Lipinski definition) is 1. The molecule has 30 heavy (non-hydrogen) atoms. The van der Waals surface area contributed by atoms with Crippen LogP contribution in [0.15, 0.2) is 84.4 Å². The Hall–Kier alpha value is -3.51. The number of amides is 2. The van der Waals surface area contributed by atoms with Crippen molar-refractivity contribution in [3.8, 4) is 11.4 Å². The van der Waals surface area contributed by atoms with Gasteiger partial charge in [-0.25, -0.2) is 4.79 Å². The Morgan fingerprint density at radius 2 is 1.87 bits per heavy atom. The monoisotopic (exact) mass is 415 g/mol. The maximum Gasteiger partial charge on any atom is 0.323 e.